The van der Waals surface area contributed by atoms with Crippen LogP contribution in [0.2, 0.25) is 0 Å². The molecule has 2 fully saturated rings. The van der Waals surface area contributed by atoms with E-state index in [2.05, 4.69) is 0 Å². The Kier molecular flexibility index (Phi) is 4.78. The topological polar surface area (TPSA) is 49.9 Å². The maximum Gasteiger partial charge on any atom is 0.253 e. The van der Waals surface area contributed by atoms with E-state index in [1.54, 1.807) is 0 Å². The summed E-state index contributed by atoms with van der Waals surface area (Å²) < 4.78 is 5.72. The van der Waals surface area contributed by atoms with Crippen LogP contribution in [0.5, 0.6) is 5.75 Å². The first kappa shape index (κ1) is 16.8. The molecule has 3 rings (SSSR count). The second kappa shape index (κ2) is 6.83. The van der Waals surface area contributed by atoms with Crippen LogP contribution in [0.3, 0.4) is 0 Å². The lowest BCUT2D eigenvalue weighted by Gasteiger charge is -2.35. The van der Waals surface area contributed by atoms with Crippen LogP contribution < -0.4 is 4.74 Å². The van der Waals surface area contributed by atoms with Crippen LogP contribution in [-0.2, 0) is 4.79 Å². The number of aryl methyl sites for hydroxylation is 1. The summed E-state index contributed by atoms with van der Waals surface area (Å²) in [4.78, 5) is 28.5. The molecule has 5 nitrogen and oxygen atoms in total. The minimum atomic E-state index is 0.0349. The maximum atomic E-state index is 12.7. The zero-order valence-corrected chi connectivity index (χ0v) is 14.7. The normalized spacial score (nSPS) is 18.0. The van der Waals surface area contributed by atoms with Crippen molar-refractivity contribution in [2.24, 2.45) is 5.92 Å². The average Bonchev–Trinajstić information content (AvgIpc) is 3.40. The highest BCUT2D eigenvalue weighted by atomic mass is 16.5. The van der Waals surface area contributed by atoms with Gasteiger partial charge in [0.25, 0.3) is 5.91 Å². The van der Waals surface area contributed by atoms with Gasteiger partial charge in [0, 0.05) is 37.7 Å². The SMILES string of the molecule is Cc1cc(C(=O)N2CCN(C(=O)C3CC3)CC2)ccc1OC(C)C. The zero-order chi connectivity index (χ0) is 17.3. The molecule has 0 spiro atoms. The highest BCUT2D eigenvalue weighted by Gasteiger charge is 2.35. The van der Waals surface area contributed by atoms with E-state index >= 15 is 0 Å². The van der Waals surface area contributed by atoms with Gasteiger partial charge >= 0.3 is 0 Å². The number of amides is 2. The summed E-state index contributed by atoms with van der Waals surface area (Å²) in [6, 6.07) is 5.59. The Bertz CT molecular complexity index is 629. The van der Waals surface area contributed by atoms with Crippen LogP contribution in [0.1, 0.15) is 42.6 Å². The fourth-order valence-corrected chi connectivity index (χ4v) is 3.07. The van der Waals surface area contributed by atoms with E-state index in [0.29, 0.717) is 31.7 Å². The van der Waals surface area contributed by atoms with Crippen molar-refractivity contribution in [1.82, 2.24) is 9.80 Å². The summed E-state index contributed by atoms with van der Waals surface area (Å²) in [5.74, 6) is 1.38. The summed E-state index contributed by atoms with van der Waals surface area (Å²) in [6.45, 7) is 8.45. The van der Waals surface area contributed by atoms with Gasteiger partial charge in [-0.3, -0.25) is 9.59 Å². The molecule has 0 unspecified atom stereocenters. The van der Waals surface area contributed by atoms with E-state index in [-0.39, 0.29) is 23.8 Å². The Balaban J connectivity index is 1.60. The van der Waals surface area contributed by atoms with Crippen molar-refractivity contribution in [3.8, 4) is 5.75 Å². The largest absolute Gasteiger partial charge is 0.491 e. The molecule has 24 heavy (non-hydrogen) atoms. The molecule has 1 aromatic carbocycles. The molecule has 0 radical (unpaired) electrons. The Morgan fingerprint density at radius 3 is 2.25 bits per heavy atom. The van der Waals surface area contributed by atoms with Crippen LogP contribution in [0.4, 0.5) is 0 Å². The number of rotatable bonds is 4. The van der Waals surface area contributed by atoms with Crippen LogP contribution >= 0.6 is 0 Å². The molecule has 0 aromatic heterocycles. The first-order valence-corrected chi connectivity index (χ1v) is 8.81. The zero-order valence-electron chi connectivity index (χ0n) is 14.7. The Morgan fingerprint density at radius 1 is 1.08 bits per heavy atom. The van der Waals surface area contributed by atoms with Gasteiger partial charge in [-0.15, -0.1) is 0 Å². The van der Waals surface area contributed by atoms with Crippen molar-refractivity contribution in [2.75, 3.05) is 26.2 Å². The van der Waals surface area contributed by atoms with E-state index in [4.69, 9.17) is 4.74 Å². The summed E-state index contributed by atoms with van der Waals surface area (Å²) in [5.41, 5.74) is 1.66. The number of benzene rings is 1. The third kappa shape index (κ3) is 3.71. The van der Waals surface area contributed by atoms with E-state index in [1.165, 1.54) is 0 Å². The molecule has 2 aliphatic rings. The van der Waals surface area contributed by atoms with Gasteiger partial charge in [0.15, 0.2) is 0 Å². The van der Waals surface area contributed by atoms with Gasteiger partial charge in [-0.1, -0.05) is 0 Å². The number of nitrogens with zero attached hydrogens (tertiary/aromatic N) is 2. The Hall–Kier alpha value is -2.04. The van der Waals surface area contributed by atoms with Gasteiger partial charge in [0.1, 0.15) is 5.75 Å². The van der Waals surface area contributed by atoms with Crippen LogP contribution in [0, 0.1) is 12.8 Å². The van der Waals surface area contributed by atoms with E-state index in [0.717, 1.165) is 24.2 Å². The third-order valence-electron chi connectivity index (χ3n) is 4.59. The van der Waals surface area contributed by atoms with Gasteiger partial charge in [-0.25, -0.2) is 0 Å². The van der Waals surface area contributed by atoms with Crippen LogP contribution in [0.25, 0.3) is 0 Å². The van der Waals surface area contributed by atoms with Crippen molar-refractivity contribution >= 4 is 11.8 Å². The fraction of sp³-hybridized carbons (Fsp3) is 0.579. The first-order valence-electron chi connectivity index (χ1n) is 8.81. The summed E-state index contributed by atoms with van der Waals surface area (Å²) in [5, 5.41) is 0. The second-order valence-electron chi connectivity index (χ2n) is 7.04. The molecule has 0 bridgehead atoms. The highest BCUT2D eigenvalue weighted by molar-refractivity contribution is 5.95. The van der Waals surface area contributed by atoms with E-state index < -0.39 is 0 Å². The molecule has 1 saturated carbocycles. The summed E-state index contributed by atoms with van der Waals surface area (Å²) in [7, 11) is 0. The lowest BCUT2D eigenvalue weighted by Crippen LogP contribution is -2.51. The third-order valence-corrected chi connectivity index (χ3v) is 4.59. The van der Waals surface area contributed by atoms with Gasteiger partial charge in [-0.05, 0) is 57.4 Å². The molecule has 5 heteroatoms. The van der Waals surface area contributed by atoms with Crippen molar-refractivity contribution in [1.29, 1.82) is 0 Å². The number of ether oxygens (including phenoxy) is 1. The number of hydrogen-bond acceptors (Lipinski definition) is 3. The smallest absolute Gasteiger partial charge is 0.253 e. The van der Waals surface area contributed by atoms with Crippen LogP contribution in [0.15, 0.2) is 18.2 Å². The van der Waals surface area contributed by atoms with Crippen molar-refractivity contribution in [3.63, 3.8) is 0 Å². The van der Waals surface area contributed by atoms with Gasteiger partial charge < -0.3 is 14.5 Å². The van der Waals surface area contributed by atoms with E-state index in [1.807, 2.05) is 48.8 Å². The van der Waals surface area contributed by atoms with Crippen LogP contribution in [-0.4, -0.2) is 53.9 Å². The van der Waals surface area contributed by atoms with Crippen molar-refractivity contribution < 1.29 is 14.3 Å². The summed E-state index contributed by atoms with van der Waals surface area (Å²) >= 11 is 0. The lowest BCUT2D eigenvalue weighted by atomic mass is 10.1. The molecule has 1 aromatic rings. The molecule has 0 N–H and O–H groups in total. The highest BCUT2D eigenvalue weighted by Crippen LogP contribution is 2.31. The quantitative estimate of drug-likeness (QED) is 0.852. The van der Waals surface area contributed by atoms with Gasteiger partial charge in [-0.2, -0.15) is 0 Å². The number of hydrogen-bond donors (Lipinski definition) is 0. The van der Waals surface area contributed by atoms with E-state index in [9.17, 15) is 9.59 Å². The molecule has 130 valence electrons. The van der Waals surface area contributed by atoms with Gasteiger partial charge in [0.05, 0.1) is 6.10 Å². The maximum absolute atomic E-state index is 12.7. The van der Waals surface area contributed by atoms with Crippen molar-refractivity contribution in [2.45, 2.75) is 39.7 Å². The summed E-state index contributed by atoms with van der Waals surface area (Å²) in [6.07, 6.45) is 2.17. The first-order chi connectivity index (χ1) is 11.5. The number of carbonyl (C=O) groups is 2. The Morgan fingerprint density at radius 2 is 1.71 bits per heavy atom. The number of piperazine rings is 1. The number of carbonyl (C=O) groups excluding carboxylic acids is 2. The molecule has 2 amide bonds. The standard InChI is InChI=1S/C19H26N2O3/c1-13(2)24-17-7-6-16(12-14(17)3)19(23)21-10-8-20(9-11-21)18(22)15-4-5-15/h6-7,12-13,15H,4-5,8-11H2,1-3H3. The minimum absolute atomic E-state index is 0.0349. The molecular weight excluding hydrogens is 304 g/mol. The van der Waals surface area contributed by atoms with Gasteiger partial charge in [0.2, 0.25) is 5.91 Å². The monoisotopic (exact) mass is 330 g/mol. The lowest BCUT2D eigenvalue weighted by molar-refractivity contribution is -0.134. The Labute approximate surface area is 143 Å². The predicted octanol–water partition coefficient (Wildman–Crippen LogP) is 2.48. The average molecular weight is 330 g/mol. The molecule has 1 aliphatic heterocycles. The molecule has 1 saturated heterocycles. The predicted molar refractivity (Wildman–Crippen MR) is 92.2 cm³/mol. The van der Waals surface area contributed by atoms with Crippen molar-refractivity contribution in [3.05, 3.63) is 29.3 Å². The molecule has 0 atom stereocenters. The molecule has 1 heterocycles. The molecule has 1 aliphatic carbocycles. The molecular formula is C19H26N2O3. The second-order valence-corrected chi connectivity index (χ2v) is 7.04. The fourth-order valence-electron chi connectivity index (χ4n) is 3.07. The minimum Gasteiger partial charge on any atom is -0.491 e.